The number of hydrogen-bond donors (Lipinski definition) is 1. The van der Waals surface area contributed by atoms with Gasteiger partial charge in [-0.1, -0.05) is 20.8 Å². The molecule has 4 heteroatoms. The van der Waals surface area contributed by atoms with E-state index in [0.717, 1.165) is 22.9 Å². The van der Waals surface area contributed by atoms with Gasteiger partial charge in [0.25, 0.3) is 0 Å². The Morgan fingerprint density at radius 1 is 1.33 bits per heavy atom. The second kappa shape index (κ2) is 4.59. The van der Waals surface area contributed by atoms with E-state index in [0.29, 0.717) is 0 Å². The topological polar surface area (TPSA) is 25.0 Å². The summed E-state index contributed by atoms with van der Waals surface area (Å²) in [5.41, 5.74) is 2.06. The zero-order chi connectivity index (χ0) is 13.3. The van der Waals surface area contributed by atoms with Crippen molar-refractivity contribution in [1.82, 2.24) is 4.98 Å². The van der Waals surface area contributed by atoms with Crippen LogP contribution in [0.5, 0.6) is 5.75 Å². The smallest absolute Gasteiger partial charge is 0.387 e. The van der Waals surface area contributed by atoms with Crippen LogP contribution < -0.4 is 4.74 Å². The third kappa shape index (κ3) is 2.33. The minimum atomic E-state index is -2.79. The molecule has 98 valence electrons. The summed E-state index contributed by atoms with van der Waals surface area (Å²) in [7, 11) is 0. The molecule has 2 aromatic rings. The number of rotatable bonds is 4. The molecule has 0 aliphatic rings. The van der Waals surface area contributed by atoms with E-state index in [1.54, 1.807) is 18.2 Å². The molecule has 0 aliphatic carbocycles. The number of aromatic amines is 1. The summed E-state index contributed by atoms with van der Waals surface area (Å²) < 4.78 is 28.9. The van der Waals surface area contributed by atoms with Crippen molar-refractivity contribution < 1.29 is 13.5 Å². The van der Waals surface area contributed by atoms with Gasteiger partial charge >= 0.3 is 6.61 Å². The number of hydrogen-bond acceptors (Lipinski definition) is 1. The Labute approximate surface area is 105 Å². The highest BCUT2D eigenvalue weighted by molar-refractivity contribution is 5.85. The summed E-state index contributed by atoms with van der Waals surface area (Å²) in [5, 5.41) is 0.944. The molecular formula is C14H17F2NO. The van der Waals surface area contributed by atoms with Crippen molar-refractivity contribution in [2.24, 2.45) is 0 Å². The maximum absolute atomic E-state index is 12.2. The lowest BCUT2D eigenvalue weighted by Gasteiger charge is -2.22. The predicted molar refractivity (Wildman–Crippen MR) is 68.2 cm³/mol. The van der Waals surface area contributed by atoms with Gasteiger partial charge in [-0.05, 0) is 35.6 Å². The summed E-state index contributed by atoms with van der Waals surface area (Å²) in [6.45, 7) is 3.59. The molecule has 0 atom stereocenters. The summed E-state index contributed by atoms with van der Waals surface area (Å²) in [4.78, 5) is 3.17. The Kier molecular flexibility index (Phi) is 3.28. The van der Waals surface area contributed by atoms with Gasteiger partial charge in [0.1, 0.15) is 5.75 Å². The van der Waals surface area contributed by atoms with Crippen molar-refractivity contribution in [3.05, 3.63) is 30.0 Å². The SMILES string of the molecule is CCC(C)(C)c1c[nH]c2ccc(OC(F)F)cc12. The van der Waals surface area contributed by atoms with Gasteiger partial charge < -0.3 is 9.72 Å². The van der Waals surface area contributed by atoms with Gasteiger partial charge in [0.2, 0.25) is 0 Å². The second-order valence-corrected chi connectivity index (χ2v) is 5.03. The predicted octanol–water partition coefficient (Wildman–Crippen LogP) is 4.46. The van der Waals surface area contributed by atoms with Crippen LogP contribution in [0.4, 0.5) is 8.78 Å². The van der Waals surface area contributed by atoms with Gasteiger partial charge in [0, 0.05) is 17.1 Å². The van der Waals surface area contributed by atoms with E-state index in [1.807, 2.05) is 6.20 Å². The molecule has 1 aromatic carbocycles. The van der Waals surface area contributed by atoms with Crippen LogP contribution in [0, 0.1) is 0 Å². The molecule has 0 fully saturated rings. The van der Waals surface area contributed by atoms with Gasteiger partial charge in [-0.25, -0.2) is 0 Å². The van der Waals surface area contributed by atoms with Crippen molar-refractivity contribution in [2.75, 3.05) is 0 Å². The van der Waals surface area contributed by atoms with Crippen molar-refractivity contribution >= 4 is 10.9 Å². The zero-order valence-electron chi connectivity index (χ0n) is 10.8. The number of nitrogens with one attached hydrogen (secondary N) is 1. The highest BCUT2D eigenvalue weighted by Crippen LogP contribution is 2.34. The Morgan fingerprint density at radius 3 is 2.67 bits per heavy atom. The molecule has 1 heterocycles. The van der Waals surface area contributed by atoms with E-state index >= 15 is 0 Å². The summed E-state index contributed by atoms with van der Waals surface area (Å²) in [6, 6.07) is 4.99. The number of ether oxygens (including phenoxy) is 1. The van der Waals surface area contributed by atoms with Crippen molar-refractivity contribution in [3.63, 3.8) is 0 Å². The van der Waals surface area contributed by atoms with Crippen LogP contribution in [0.25, 0.3) is 10.9 Å². The molecule has 0 unspecified atom stereocenters. The lowest BCUT2D eigenvalue weighted by atomic mass is 9.82. The van der Waals surface area contributed by atoms with Crippen LogP contribution in [0.2, 0.25) is 0 Å². The monoisotopic (exact) mass is 253 g/mol. The fourth-order valence-electron chi connectivity index (χ4n) is 2.03. The van der Waals surface area contributed by atoms with E-state index in [-0.39, 0.29) is 11.2 Å². The molecule has 2 rings (SSSR count). The van der Waals surface area contributed by atoms with E-state index in [9.17, 15) is 8.78 Å². The molecular weight excluding hydrogens is 236 g/mol. The minimum absolute atomic E-state index is 0.00169. The highest BCUT2D eigenvalue weighted by atomic mass is 19.3. The summed E-state index contributed by atoms with van der Waals surface area (Å²) >= 11 is 0. The maximum atomic E-state index is 12.2. The van der Waals surface area contributed by atoms with E-state index in [2.05, 4.69) is 30.5 Å². The average Bonchev–Trinajstić information content (AvgIpc) is 2.71. The van der Waals surface area contributed by atoms with Gasteiger partial charge in [0.15, 0.2) is 0 Å². The molecule has 1 N–H and O–H groups in total. The first kappa shape index (κ1) is 12.9. The summed E-state index contributed by atoms with van der Waals surface area (Å²) in [6.07, 6.45) is 2.92. The first-order valence-corrected chi connectivity index (χ1v) is 6.00. The van der Waals surface area contributed by atoms with Crippen molar-refractivity contribution in [1.29, 1.82) is 0 Å². The van der Waals surface area contributed by atoms with Gasteiger partial charge in [-0.3, -0.25) is 0 Å². The summed E-state index contributed by atoms with van der Waals surface area (Å²) in [5.74, 6) is 0.199. The van der Waals surface area contributed by atoms with E-state index in [4.69, 9.17) is 0 Å². The standard InChI is InChI=1S/C14H17F2NO/c1-4-14(2,3)11-8-17-12-6-5-9(7-10(11)12)18-13(15)16/h5-8,13,17H,4H2,1-3H3. The first-order chi connectivity index (χ1) is 8.44. The normalized spacial score (nSPS) is 12.3. The Balaban J connectivity index is 2.50. The van der Waals surface area contributed by atoms with E-state index < -0.39 is 6.61 Å². The van der Waals surface area contributed by atoms with Gasteiger partial charge in [-0.15, -0.1) is 0 Å². The fraction of sp³-hybridized carbons (Fsp3) is 0.429. The lowest BCUT2D eigenvalue weighted by molar-refractivity contribution is -0.0497. The van der Waals surface area contributed by atoms with E-state index in [1.165, 1.54) is 0 Å². The second-order valence-electron chi connectivity index (χ2n) is 5.03. The number of H-pyrrole nitrogens is 1. The largest absolute Gasteiger partial charge is 0.435 e. The number of alkyl halides is 2. The molecule has 0 radical (unpaired) electrons. The first-order valence-electron chi connectivity index (χ1n) is 6.00. The fourth-order valence-corrected chi connectivity index (χ4v) is 2.03. The quantitative estimate of drug-likeness (QED) is 0.855. The maximum Gasteiger partial charge on any atom is 0.387 e. The molecule has 0 aliphatic heterocycles. The Morgan fingerprint density at radius 2 is 2.06 bits per heavy atom. The number of benzene rings is 1. The van der Waals surface area contributed by atoms with Crippen LogP contribution in [-0.2, 0) is 5.41 Å². The molecule has 1 aromatic heterocycles. The van der Waals surface area contributed by atoms with Gasteiger partial charge in [0.05, 0.1) is 0 Å². The van der Waals surface area contributed by atoms with Crippen molar-refractivity contribution in [3.8, 4) is 5.75 Å². The van der Waals surface area contributed by atoms with Crippen LogP contribution in [-0.4, -0.2) is 11.6 Å². The molecule has 2 nitrogen and oxygen atoms in total. The van der Waals surface area contributed by atoms with Crippen LogP contribution in [0.1, 0.15) is 32.8 Å². The number of aromatic nitrogens is 1. The third-order valence-electron chi connectivity index (χ3n) is 3.49. The molecule has 0 amide bonds. The third-order valence-corrected chi connectivity index (χ3v) is 3.49. The molecule has 18 heavy (non-hydrogen) atoms. The van der Waals surface area contributed by atoms with Crippen LogP contribution in [0.15, 0.2) is 24.4 Å². The number of fused-ring (bicyclic) bond motifs is 1. The van der Waals surface area contributed by atoms with Gasteiger partial charge in [-0.2, -0.15) is 8.78 Å². The average molecular weight is 253 g/mol. The van der Waals surface area contributed by atoms with Crippen LogP contribution in [0.3, 0.4) is 0 Å². The Bertz CT molecular complexity index is 546. The lowest BCUT2D eigenvalue weighted by Crippen LogP contribution is -2.14. The van der Waals surface area contributed by atoms with Crippen LogP contribution >= 0.6 is 0 Å². The zero-order valence-corrected chi connectivity index (χ0v) is 10.8. The highest BCUT2D eigenvalue weighted by Gasteiger charge is 2.22. The number of halogens is 2. The molecule has 0 spiro atoms. The molecule has 0 saturated carbocycles. The molecule has 0 saturated heterocycles. The Hall–Kier alpha value is -1.58. The minimum Gasteiger partial charge on any atom is -0.435 e. The van der Waals surface area contributed by atoms with Crippen molar-refractivity contribution in [2.45, 2.75) is 39.2 Å². The molecule has 0 bridgehead atoms.